The molecule has 0 N–H and O–H groups in total. The summed E-state index contributed by atoms with van der Waals surface area (Å²) < 4.78 is 1.86. The molecule has 20 heavy (non-hydrogen) atoms. The highest BCUT2D eigenvalue weighted by Crippen LogP contribution is 2.22. The molecule has 3 aromatic rings. The molecule has 3 heteroatoms. The Kier molecular flexibility index (Phi) is 3.00. The van der Waals surface area contributed by atoms with Gasteiger partial charge in [-0.15, -0.1) is 0 Å². The zero-order valence-electron chi connectivity index (χ0n) is 11.5. The van der Waals surface area contributed by atoms with Gasteiger partial charge in [-0.2, -0.15) is 10.4 Å². The molecule has 0 radical (unpaired) electrons. The number of hydrogen-bond donors (Lipinski definition) is 0. The fourth-order valence-electron chi connectivity index (χ4n) is 2.22. The van der Waals surface area contributed by atoms with Crippen LogP contribution in [0.4, 0.5) is 0 Å². The Morgan fingerprint density at radius 2 is 1.85 bits per heavy atom. The maximum Gasteiger partial charge on any atom is 0.0991 e. The van der Waals surface area contributed by atoms with Crippen LogP contribution in [0.1, 0.15) is 30.9 Å². The summed E-state index contributed by atoms with van der Waals surface area (Å²) in [6.07, 6.45) is 2.03. The lowest BCUT2D eigenvalue weighted by Gasteiger charge is -2.03. The van der Waals surface area contributed by atoms with Crippen LogP contribution in [0.2, 0.25) is 0 Å². The molecule has 0 aliphatic heterocycles. The Labute approximate surface area is 118 Å². The standard InChI is InChI=1S/C17H15N3/c1-12(2)14-5-8-17-15(9-14)11-20(19-17)16-6-3-13(10-18)4-7-16/h3-9,11-12H,1-2H3. The number of aromatic nitrogens is 2. The Hall–Kier alpha value is -2.60. The third-order valence-electron chi connectivity index (χ3n) is 3.46. The number of nitriles is 1. The largest absolute Gasteiger partial charge is 0.240 e. The van der Waals surface area contributed by atoms with Crippen molar-refractivity contribution in [2.45, 2.75) is 19.8 Å². The lowest BCUT2D eigenvalue weighted by molar-refractivity contribution is 0.869. The Bertz CT molecular complexity index is 789. The highest BCUT2D eigenvalue weighted by molar-refractivity contribution is 5.79. The smallest absolute Gasteiger partial charge is 0.0991 e. The second kappa shape index (κ2) is 4.82. The van der Waals surface area contributed by atoms with Gasteiger partial charge in [-0.25, -0.2) is 4.68 Å². The summed E-state index contributed by atoms with van der Waals surface area (Å²) in [4.78, 5) is 0. The molecule has 0 saturated heterocycles. The number of rotatable bonds is 2. The van der Waals surface area contributed by atoms with Gasteiger partial charge in [-0.05, 0) is 47.9 Å². The average Bonchev–Trinajstić information content (AvgIpc) is 2.90. The predicted molar refractivity (Wildman–Crippen MR) is 79.9 cm³/mol. The first-order chi connectivity index (χ1) is 9.67. The Morgan fingerprint density at radius 3 is 2.50 bits per heavy atom. The molecule has 1 aromatic heterocycles. The molecule has 0 amide bonds. The van der Waals surface area contributed by atoms with Crippen molar-refractivity contribution >= 4 is 10.9 Å². The lowest BCUT2D eigenvalue weighted by Crippen LogP contribution is -1.93. The summed E-state index contributed by atoms with van der Waals surface area (Å²) >= 11 is 0. The van der Waals surface area contributed by atoms with Crippen LogP contribution in [0.3, 0.4) is 0 Å². The number of fused-ring (bicyclic) bond motifs is 1. The van der Waals surface area contributed by atoms with Crippen LogP contribution in [0.25, 0.3) is 16.6 Å². The molecule has 0 bridgehead atoms. The van der Waals surface area contributed by atoms with E-state index in [1.165, 1.54) is 5.56 Å². The highest BCUT2D eigenvalue weighted by atomic mass is 15.3. The molecule has 0 spiro atoms. The van der Waals surface area contributed by atoms with Crippen LogP contribution >= 0.6 is 0 Å². The average molecular weight is 261 g/mol. The van der Waals surface area contributed by atoms with Gasteiger partial charge in [-0.3, -0.25) is 0 Å². The zero-order chi connectivity index (χ0) is 14.1. The van der Waals surface area contributed by atoms with E-state index in [0.717, 1.165) is 16.6 Å². The van der Waals surface area contributed by atoms with E-state index in [4.69, 9.17) is 5.26 Å². The third kappa shape index (κ3) is 2.17. The molecule has 0 atom stereocenters. The molecule has 1 heterocycles. The van der Waals surface area contributed by atoms with Crippen LogP contribution in [-0.2, 0) is 0 Å². The second-order valence-electron chi connectivity index (χ2n) is 5.21. The molecule has 0 saturated carbocycles. The number of benzene rings is 2. The summed E-state index contributed by atoms with van der Waals surface area (Å²) in [6.45, 7) is 4.37. The van der Waals surface area contributed by atoms with E-state index in [2.05, 4.69) is 43.2 Å². The van der Waals surface area contributed by atoms with Crippen molar-refractivity contribution in [2.24, 2.45) is 0 Å². The molecule has 3 rings (SSSR count). The van der Waals surface area contributed by atoms with Crippen molar-refractivity contribution in [3.05, 3.63) is 59.8 Å². The first kappa shape index (κ1) is 12.4. The Morgan fingerprint density at radius 1 is 1.10 bits per heavy atom. The van der Waals surface area contributed by atoms with Crippen molar-refractivity contribution in [3.63, 3.8) is 0 Å². The number of nitrogens with zero attached hydrogens (tertiary/aromatic N) is 3. The Balaban J connectivity index is 2.05. The number of hydrogen-bond acceptors (Lipinski definition) is 2. The summed E-state index contributed by atoms with van der Waals surface area (Å²) in [6, 6.07) is 15.9. The summed E-state index contributed by atoms with van der Waals surface area (Å²) in [7, 11) is 0. The lowest BCUT2D eigenvalue weighted by atomic mass is 10.0. The molecular formula is C17H15N3. The monoisotopic (exact) mass is 261 g/mol. The minimum absolute atomic E-state index is 0.512. The molecular weight excluding hydrogens is 246 g/mol. The van der Waals surface area contributed by atoms with Gasteiger partial charge in [0.25, 0.3) is 0 Å². The van der Waals surface area contributed by atoms with E-state index in [0.29, 0.717) is 11.5 Å². The summed E-state index contributed by atoms with van der Waals surface area (Å²) in [5.74, 6) is 0.512. The van der Waals surface area contributed by atoms with Crippen LogP contribution < -0.4 is 0 Å². The van der Waals surface area contributed by atoms with Crippen LogP contribution in [0.15, 0.2) is 48.7 Å². The van der Waals surface area contributed by atoms with Gasteiger partial charge in [0.05, 0.1) is 22.8 Å². The summed E-state index contributed by atoms with van der Waals surface area (Å²) in [5, 5.41) is 14.5. The van der Waals surface area contributed by atoms with Crippen LogP contribution in [-0.4, -0.2) is 9.78 Å². The summed E-state index contributed by atoms with van der Waals surface area (Å²) in [5.41, 5.74) is 3.93. The van der Waals surface area contributed by atoms with Crippen molar-refractivity contribution in [2.75, 3.05) is 0 Å². The van der Waals surface area contributed by atoms with E-state index in [1.54, 1.807) is 12.1 Å². The van der Waals surface area contributed by atoms with E-state index < -0.39 is 0 Å². The van der Waals surface area contributed by atoms with Gasteiger partial charge in [-0.1, -0.05) is 19.9 Å². The van der Waals surface area contributed by atoms with Gasteiger partial charge >= 0.3 is 0 Å². The molecule has 2 aromatic carbocycles. The minimum Gasteiger partial charge on any atom is -0.240 e. The van der Waals surface area contributed by atoms with E-state index in [1.807, 2.05) is 23.0 Å². The molecule has 0 fully saturated rings. The van der Waals surface area contributed by atoms with Crippen LogP contribution in [0.5, 0.6) is 0 Å². The van der Waals surface area contributed by atoms with Crippen molar-refractivity contribution in [3.8, 4) is 11.8 Å². The van der Waals surface area contributed by atoms with E-state index >= 15 is 0 Å². The first-order valence-electron chi connectivity index (χ1n) is 6.67. The molecule has 0 aliphatic carbocycles. The van der Waals surface area contributed by atoms with E-state index in [9.17, 15) is 0 Å². The molecule has 0 aliphatic rings. The first-order valence-corrected chi connectivity index (χ1v) is 6.67. The maximum atomic E-state index is 8.82. The predicted octanol–water partition coefficient (Wildman–Crippen LogP) is 4.02. The van der Waals surface area contributed by atoms with E-state index in [-0.39, 0.29) is 0 Å². The topological polar surface area (TPSA) is 41.6 Å². The minimum atomic E-state index is 0.512. The van der Waals surface area contributed by atoms with Gasteiger partial charge < -0.3 is 0 Å². The van der Waals surface area contributed by atoms with Gasteiger partial charge in [0.15, 0.2) is 0 Å². The highest BCUT2D eigenvalue weighted by Gasteiger charge is 2.05. The van der Waals surface area contributed by atoms with Crippen molar-refractivity contribution in [1.82, 2.24) is 9.78 Å². The SMILES string of the molecule is CC(C)c1ccc2nn(-c3ccc(C#N)cc3)cc2c1. The van der Waals surface area contributed by atoms with Crippen LogP contribution in [0, 0.1) is 11.3 Å². The fourth-order valence-corrected chi connectivity index (χ4v) is 2.22. The van der Waals surface area contributed by atoms with Gasteiger partial charge in [0, 0.05) is 11.6 Å². The molecule has 98 valence electrons. The molecule has 3 nitrogen and oxygen atoms in total. The van der Waals surface area contributed by atoms with Gasteiger partial charge in [0.1, 0.15) is 0 Å². The normalized spacial score (nSPS) is 10.9. The fraction of sp³-hybridized carbons (Fsp3) is 0.176. The quantitative estimate of drug-likeness (QED) is 0.699. The van der Waals surface area contributed by atoms with Crippen molar-refractivity contribution in [1.29, 1.82) is 5.26 Å². The van der Waals surface area contributed by atoms with Gasteiger partial charge in [0.2, 0.25) is 0 Å². The third-order valence-corrected chi connectivity index (χ3v) is 3.46. The maximum absolute atomic E-state index is 8.82. The van der Waals surface area contributed by atoms with Crippen molar-refractivity contribution < 1.29 is 0 Å². The second-order valence-corrected chi connectivity index (χ2v) is 5.21. The molecule has 0 unspecified atom stereocenters. The zero-order valence-corrected chi connectivity index (χ0v) is 11.5.